The van der Waals surface area contributed by atoms with Gasteiger partial charge in [-0.3, -0.25) is 0 Å². The molecule has 0 bridgehead atoms. The van der Waals surface area contributed by atoms with E-state index in [4.69, 9.17) is 9.47 Å². The van der Waals surface area contributed by atoms with Crippen molar-refractivity contribution < 1.29 is 9.47 Å². The van der Waals surface area contributed by atoms with E-state index in [0.29, 0.717) is 12.2 Å². The Morgan fingerprint density at radius 2 is 1.72 bits per heavy atom. The average molecular weight is 244 g/mol. The number of rotatable bonds is 4. The summed E-state index contributed by atoms with van der Waals surface area (Å²) in [6.45, 7) is 1.95. The highest BCUT2D eigenvalue weighted by atomic mass is 16.6. The van der Waals surface area contributed by atoms with E-state index >= 15 is 0 Å². The van der Waals surface area contributed by atoms with Crippen LogP contribution in [0, 0.1) is 5.92 Å². The van der Waals surface area contributed by atoms with Crippen LogP contribution >= 0.6 is 0 Å². The summed E-state index contributed by atoms with van der Waals surface area (Å²) in [5, 5.41) is 0. The standard InChI is InChI=1S/C16H20O2/c1-3-13-6-12(8-16-10-18-16)2-4-14(13)5-11(1)7-15-9-17-15/h1,3,6,14-16H,2,4-5,7-10H2. The van der Waals surface area contributed by atoms with Gasteiger partial charge in [0.25, 0.3) is 0 Å². The number of fused-ring (bicyclic) bond motifs is 1. The summed E-state index contributed by atoms with van der Waals surface area (Å²) in [5.74, 6) is 0.771. The molecule has 0 spiro atoms. The van der Waals surface area contributed by atoms with Crippen molar-refractivity contribution >= 4 is 0 Å². The predicted octanol–water partition coefficient (Wildman–Crippen LogP) is 3.16. The van der Waals surface area contributed by atoms with Crippen LogP contribution in [0.2, 0.25) is 0 Å². The minimum atomic E-state index is 0.535. The van der Waals surface area contributed by atoms with Crippen molar-refractivity contribution in [1.82, 2.24) is 0 Å². The molecule has 2 saturated heterocycles. The number of hydrogen-bond acceptors (Lipinski definition) is 2. The Hall–Kier alpha value is -0.860. The van der Waals surface area contributed by atoms with E-state index in [-0.39, 0.29) is 0 Å². The van der Waals surface area contributed by atoms with Gasteiger partial charge in [-0.25, -0.2) is 0 Å². The topological polar surface area (TPSA) is 25.1 Å². The molecular formula is C16H20O2. The van der Waals surface area contributed by atoms with E-state index in [2.05, 4.69) is 18.2 Å². The first-order valence-electron chi connectivity index (χ1n) is 7.19. The number of hydrogen-bond donors (Lipinski definition) is 0. The van der Waals surface area contributed by atoms with Crippen LogP contribution in [0.3, 0.4) is 0 Å². The van der Waals surface area contributed by atoms with E-state index in [1.807, 2.05) is 0 Å². The van der Waals surface area contributed by atoms with Crippen LogP contribution in [0.1, 0.15) is 32.1 Å². The van der Waals surface area contributed by atoms with E-state index < -0.39 is 0 Å². The Labute approximate surface area is 108 Å². The zero-order chi connectivity index (χ0) is 11.9. The highest BCUT2D eigenvalue weighted by molar-refractivity contribution is 5.38. The van der Waals surface area contributed by atoms with Crippen molar-refractivity contribution in [2.45, 2.75) is 44.3 Å². The molecular weight excluding hydrogens is 224 g/mol. The van der Waals surface area contributed by atoms with Gasteiger partial charge in [0, 0.05) is 0 Å². The lowest BCUT2D eigenvalue weighted by Crippen LogP contribution is -2.14. The zero-order valence-electron chi connectivity index (χ0n) is 10.7. The zero-order valence-corrected chi connectivity index (χ0v) is 10.7. The molecule has 3 atom stereocenters. The third-order valence-corrected chi connectivity index (χ3v) is 4.46. The smallest absolute Gasteiger partial charge is 0.0847 e. The SMILES string of the molecule is C1=C(CC2CO2)CCC2CC(CC3CO3)=CC=C12. The summed E-state index contributed by atoms with van der Waals surface area (Å²) in [6, 6.07) is 0. The summed E-state index contributed by atoms with van der Waals surface area (Å²) in [7, 11) is 0. The first-order valence-corrected chi connectivity index (χ1v) is 7.19. The number of epoxide rings is 2. The molecule has 96 valence electrons. The van der Waals surface area contributed by atoms with Gasteiger partial charge < -0.3 is 9.47 Å². The summed E-state index contributed by atoms with van der Waals surface area (Å²) in [6.07, 6.45) is 14.4. The first kappa shape index (κ1) is 11.0. The second-order valence-corrected chi connectivity index (χ2v) is 6.05. The van der Waals surface area contributed by atoms with Gasteiger partial charge in [0.1, 0.15) is 0 Å². The molecule has 0 amide bonds. The van der Waals surface area contributed by atoms with Gasteiger partial charge in [0.05, 0.1) is 25.4 Å². The molecule has 0 aromatic heterocycles. The van der Waals surface area contributed by atoms with Crippen molar-refractivity contribution in [3.8, 4) is 0 Å². The quantitative estimate of drug-likeness (QED) is 0.710. The Morgan fingerprint density at radius 1 is 1.00 bits per heavy atom. The van der Waals surface area contributed by atoms with Gasteiger partial charge in [0.15, 0.2) is 0 Å². The van der Waals surface area contributed by atoms with E-state index in [1.165, 1.54) is 19.3 Å². The van der Waals surface area contributed by atoms with Gasteiger partial charge >= 0.3 is 0 Å². The van der Waals surface area contributed by atoms with Crippen LogP contribution in [0.15, 0.2) is 34.9 Å². The monoisotopic (exact) mass is 244 g/mol. The van der Waals surface area contributed by atoms with Crippen molar-refractivity contribution in [3.63, 3.8) is 0 Å². The van der Waals surface area contributed by atoms with Crippen LogP contribution in [0.25, 0.3) is 0 Å². The molecule has 0 radical (unpaired) electrons. The Bertz CT molecular complexity index is 436. The molecule has 2 heterocycles. The summed E-state index contributed by atoms with van der Waals surface area (Å²) in [4.78, 5) is 0. The van der Waals surface area contributed by atoms with Crippen LogP contribution in [-0.2, 0) is 9.47 Å². The van der Waals surface area contributed by atoms with Crippen molar-refractivity contribution in [3.05, 3.63) is 34.9 Å². The molecule has 2 fully saturated rings. The van der Waals surface area contributed by atoms with E-state index in [9.17, 15) is 0 Å². The fourth-order valence-corrected chi connectivity index (χ4v) is 3.22. The third kappa shape index (κ3) is 2.45. The van der Waals surface area contributed by atoms with Crippen molar-refractivity contribution in [1.29, 1.82) is 0 Å². The van der Waals surface area contributed by atoms with Gasteiger partial charge in [-0.2, -0.15) is 0 Å². The maximum Gasteiger partial charge on any atom is 0.0847 e. The van der Waals surface area contributed by atoms with Gasteiger partial charge in [-0.1, -0.05) is 29.4 Å². The normalized spacial score (nSPS) is 37.3. The number of ether oxygens (including phenoxy) is 2. The van der Waals surface area contributed by atoms with E-state index in [0.717, 1.165) is 32.0 Å². The molecule has 0 saturated carbocycles. The highest BCUT2D eigenvalue weighted by Gasteiger charge is 2.29. The molecule has 0 aromatic carbocycles. The molecule has 2 aliphatic heterocycles. The maximum atomic E-state index is 5.33. The summed E-state index contributed by atoms with van der Waals surface area (Å²) in [5.41, 5.74) is 4.74. The molecule has 4 aliphatic rings. The lowest BCUT2D eigenvalue weighted by molar-refractivity contribution is 0.397. The minimum Gasteiger partial charge on any atom is -0.373 e. The van der Waals surface area contributed by atoms with Crippen molar-refractivity contribution in [2.24, 2.45) is 5.92 Å². The fourth-order valence-electron chi connectivity index (χ4n) is 3.22. The van der Waals surface area contributed by atoms with Crippen molar-refractivity contribution in [2.75, 3.05) is 13.2 Å². The number of allylic oxidation sites excluding steroid dienone is 4. The van der Waals surface area contributed by atoms with E-state index in [1.54, 1.807) is 16.7 Å². The van der Waals surface area contributed by atoms with Gasteiger partial charge in [0.2, 0.25) is 0 Å². The summed E-state index contributed by atoms with van der Waals surface area (Å²) < 4.78 is 10.7. The molecule has 0 aromatic rings. The van der Waals surface area contributed by atoms with Crippen LogP contribution in [0.4, 0.5) is 0 Å². The van der Waals surface area contributed by atoms with Gasteiger partial charge in [-0.15, -0.1) is 0 Å². The second-order valence-electron chi connectivity index (χ2n) is 6.05. The van der Waals surface area contributed by atoms with Crippen LogP contribution < -0.4 is 0 Å². The third-order valence-electron chi connectivity index (χ3n) is 4.46. The molecule has 18 heavy (non-hydrogen) atoms. The molecule has 4 rings (SSSR count). The maximum absolute atomic E-state index is 5.33. The predicted molar refractivity (Wildman–Crippen MR) is 70.3 cm³/mol. The Kier molecular flexibility index (Phi) is 2.66. The second kappa shape index (κ2) is 4.36. The Balaban J connectivity index is 1.47. The minimum absolute atomic E-state index is 0.535. The molecule has 2 aliphatic carbocycles. The fraction of sp³-hybridized carbons (Fsp3) is 0.625. The molecule has 0 N–H and O–H groups in total. The van der Waals surface area contributed by atoms with Crippen LogP contribution in [0.5, 0.6) is 0 Å². The Morgan fingerprint density at radius 3 is 2.44 bits per heavy atom. The molecule has 2 nitrogen and oxygen atoms in total. The van der Waals surface area contributed by atoms with Crippen LogP contribution in [-0.4, -0.2) is 25.4 Å². The largest absolute Gasteiger partial charge is 0.373 e. The first-order chi connectivity index (χ1) is 8.87. The lowest BCUT2D eigenvalue weighted by Gasteiger charge is -2.28. The van der Waals surface area contributed by atoms with Gasteiger partial charge in [-0.05, 0) is 43.6 Å². The average Bonchev–Trinajstić information content (AvgIpc) is 3.25. The highest BCUT2D eigenvalue weighted by Crippen LogP contribution is 2.39. The molecule has 2 heteroatoms. The molecule has 3 unspecified atom stereocenters. The summed E-state index contributed by atoms with van der Waals surface area (Å²) >= 11 is 0. The lowest BCUT2D eigenvalue weighted by atomic mass is 9.77.